The van der Waals surface area contributed by atoms with E-state index in [0.717, 1.165) is 25.1 Å². The highest BCUT2D eigenvalue weighted by Gasteiger charge is 1.98. The van der Waals surface area contributed by atoms with Crippen molar-refractivity contribution in [2.75, 3.05) is 6.54 Å². The molecule has 0 unspecified atom stereocenters. The Balaban J connectivity index is 1.58. The number of unbranched alkanes of at least 4 members (excludes halogenated alkanes) is 4. The zero-order valence-corrected chi connectivity index (χ0v) is 14.5. The van der Waals surface area contributed by atoms with Crippen molar-refractivity contribution in [1.29, 1.82) is 5.26 Å². The van der Waals surface area contributed by atoms with Gasteiger partial charge in [0.2, 0.25) is 5.96 Å². The van der Waals surface area contributed by atoms with E-state index in [-0.39, 0.29) is 0 Å². The lowest BCUT2D eigenvalue weighted by molar-refractivity contribution is 0.606. The fourth-order valence-corrected chi connectivity index (χ4v) is 2.55. The molecule has 2 aromatic rings. The zero-order chi connectivity index (χ0) is 17.6. The molecular formula is C20H25N5. The first-order chi connectivity index (χ1) is 12.4. The highest BCUT2D eigenvalue weighted by molar-refractivity contribution is 5.83. The summed E-state index contributed by atoms with van der Waals surface area (Å²) in [6, 6.07) is 14.2. The van der Waals surface area contributed by atoms with Gasteiger partial charge >= 0.3 is 0 Å². The molecule has 0 bridgehead atoms. The van der Waals surface area contributed by atoms with Crippen molar-refractivity contribution in [3.8, 4) is 6.19 Å². The fraction of sp³-hybridized carbons (Fsp3) is 0.350. The van der Waals surface area contributed by atoms with Crippen LogP contribution in [-0.2, 0) is 6.42 Å². The van der Waals surface area contributed by atoms with Crippen LogP contribution in [0.3, 0.4) is 0 Å². The van der Waals surface area contributed by atoms with E-state index in [9.17, 15) is 0 Å². The normalized spacial score (nSPS) is 10.9. The zero-order valence-electron chi connectivity index (χ0n) is 14.5. The second-order valence-electron chi connectivity index (χ2n) is 5.83. The quantitative estimate of drug-likeness (QED) is 0.239. The first kappa shape index (κ1) is 18.5. The highest BCUT2D eigenvalue weighted by atomic mass is 15.2. The number of nitriles is 1. The van der Waals surface area contributed by atoms with Gasteiger partial charge in [0.25, 0.3) is 0 Å². The van der Waals surface area contributed by atoms with E-state index in [2.05, 4.69) is 50.9 Å². The summed E-state index contributed by atoms with van der Waals surface area (Å²) in [5, 5.41) is 14.6. The third-order valence-electron chi connectivity index (χ3n) is 3.86. The van der Waals surface area contributed by atoms with E-state index in [1.54, 1.807) is 24.5 Å². The van der Waals surface area contributed by atoms with Crippen LogP contribution in [0.1, 0.15) is 37.7 Å². The first-order valence-corrected chi connectivity index (χ1v) is 8.80. The molecule has 1 aromatic carbocycles. The number of nitrogens with one attached hydrogen (secondary N) is 2. The van der Waals surface area contributed by atoms with Crippen LogP contribution in [0.5, 0.6) is 0 Å². The lowest BCUT2D eigenvalue weighted by atomic mass is 10.1. The fourth-order valence-electron chi connectivity index (χ4n) is 2.55. The molecule has 2 rings (SSSR count). The molecule has 5 heteroatoms. The first-order valence-electron chi connectivity index (χ1n) is 8.80. The summed E-state index contributed by atoms with van der Waals surface area (Å²) in [5.41, 5.74) is 2.19. The Labute approximate surface area is 149 Å². The third-order valence-corrected chi connectivity index (χ3v) is 3.86. The molecule has 2 N–H and O–H groups in total. The summed E-state index contributed by atoms with van der Waals surface area (Å²) in [6.07, 6.45) is 12.4. The summed E-state index contributed by atoms with van der Waals surface area (Å²) in [4.78, 5) is 8.31. The van der Waals surface area contributed by atoms with Gasteiger partial charge in [0, 0.05) is 18.9 Å². The number of benzene rings is 1. The number of hydrogen-bond acceptors (Lipinski definition) is 3. The number of pyridine rings is 1. The smallest absolute Gasteiger partial charge is 0.209 e. The van der Waals surface area contributed by atoms with E-state index >= 15 is 0 Å². The van der Waals surface area contributed by atoms with Crippen molar-refractivity contribution >= 4 is 11.6 Å². The summed E-state index contributed by atoms with van der Waals surface area (Å²) in [7, 11) is 0. The van der Waals surface area contributed by atoms with Crippen LogP contribution >= 0.6 is 0 Å². The molecule has 0 spiro atoms. The van der Waals surface area contributed by atoms with Crippen LogP contribution in [0.25, 0.3) is 0 Å². The van der Waals surface area contributed by atoms with E-state index in [1.807, 2.05) is 6.19 Å². The molecule has 1 heterocycles. The largest absolute Gasteiger partial charge is 0.355 e. The molecule has 5 nitrogen and oxygen atoms in total. The monoisotopic (exact) mass is 335 g/mol. The van der Waals surface area contributed by atoms with Gasteiger partial charge in [0.15, 0.2) is 6.19 Å². The minimum absolute atomic E-state index is 0.484. The predicted octanol–water partition coefficient (Wildman–Crippen LogP) is 3.92. The molecule has 0 saturated heterocycles. The number of rotatable bonds is 9. The lowest BCUT2D eigenvalue weighted by Gasteiger charge is -2.08. The van der Waals surface area contributed by atoms with E-state index in [0.29, 0.717) is 5.96 Å². The molecule has 0 aliphatic heterocycles. The predicted molar refractivity (Wildman–Crippen MR) is 101 cm³/mol. The molecule has 0 saturated carbocycles. The lowest BCUT2D eigenvalue weighted by Crippen LogP contribution is -2.34. The van der Waals surface area contributed by atoms with E-state index < -0.39 is 0 Å². The SMILES string of the molecule is N#CNC(=Nc1ccncc1)NCCCCCCCc1ccccc1. The maximum absolute atomic E-state index is 8.81. The maximum Gasteiger partial charge on any atom is 0.209 e. The van der Waals surface area contributed by atoms with Crippen LogP contribution in [0.4, 0.5) is 5.69 Å². The number of hydrogen-bond donors (Lipinski definition) is 2. The van der Waals surface area contributed by atoms with Gasteiger partial charge in [0.05, 0.1) is 5.69 Å². The molecule has 0 radical (unpaired) electrons. The average Bonchev–Trinajstić information content (AvgIpc) is 2.65. The number of aromatic nitrogens is 1. The second-order valence-corrected chi connectivity index (χ2v) is 5.83. The highest BCUT2D eigenvalue weighted by Crippen LogP contribution is 2.09. The van der Waals surface area contributed by atoms with Gasteiger partial charge in [-0.3, -0.25) is 10.3 Å². The Morgan fingerprint density at radius 2 is 1.68 bits per heavy atom. The summed E-state index contributed by atoms with van der Waals surface area (Å²) in [5.74, 6) is 0.484. The summed E-state index contributed by atoms with van der Waals surface area (Å²) in [6.45, 7) is 0.803. The molecule has 130 valence electrons. The molecular weight excluding hydrogens is 310 g/mol. The van der Waals surface area contributed by atoms with Gasteiger partial charge in [-0.2, -0.15) is 5.26 Å². The molecule has 0 aliphatic rings. The Bertz CT molecular complexity index is 661. The van der Waals surface area contributed by atoms with Crippen LogP contribution in [0.2, 0.25) is 0 Å². The number of guanidine groups is 1. The van der Waals surface area contributed by atoms with Gasteiger partial charge in [-0.15, -0.1) is 0 Å². The molecule has 0 amide bonds. The Hall–Kier alpha value is -2.87. The van der Waals surface area contributed by atoms with Crippen LogP contribution in [0.15, 0.2) is 59.9 Å². The van der Waals surface area contributed by atoms with Crippen LogP contribution in [0, 0.1) is 11.5 Å². The topological polar surface area (TPSA) is 73.1 Å². The average molecular weight is 335 g/mol. The van der Waals surface area contributed by atoms with Crippen molar-refractivity contribution in [1.82, 2.24) is 15.6 Å². The van der Waals surface area contributed by atoms with Crippen LogP contribution < -0.4 is 10.6 Å². The van der Waals surface area contributed by atoms with Crippen molar-refractivity contribution in [3.63, 3.8) is 0 Å². The van der Waals surface area contributed by atoms with Gasteiger partial charge < -0.3 is 5.32 Å². The van der Waals surface area contributed by atoms with Crippen molar-refractivity contribution < 1.29 is 0 Å². The Morgan fingerprint density at radius 1 is 0.960 bits per heavy atom. The molecule has 0 atom stereocenters. The third kappa shape index (κ3) is 7.98. The Morgan fingerprint density at radius 3 is 2.44 bits per heavy atom. The number of nitrogens with zero attached hydrogens (tertiary/aromatic N) is 3. The van der Waals surface area contributed by atoms with Crippen molar-refractivity contribution in [2.45, 2.75) is 38.5 Å². The number of aliphatic imine (C=N–C) groups is 1. The van der Waals surface area contributed by atoms with Gasteiger partial charge in [-0.25, -0.2) is 4.99 Å². The van der Waals surface area contributed by atoms with Crippen LogP contribution in [-0.4, -0.2) is 17.5 Å². The second kappa shape index (κ2) is 11.6. The minimum Gasteiger partial charge on any atom is -0.355 e. The van der Waals surface area contributed by atoms with E-state index in [1.165, 1.54) is 31.2 Å². The molecule has 0 fully saturated rings. The van der Waals surface area contributed by atoms with E-state index in [4.69, 9.17) is 5.26 Å². The summed E-state index contributed by atoms with van der Waals surface area (Å²) < 4.78 is 0. The van der Waals surface area contributed by atoms with Crippen molar-refractivity contribution in [2.24, 2.45) is 4.99 Å². The van der Waals surface area contributed by atoms with Gasteiger partial charge in [0.1, 0.15) is 0 Å². The minimum atomic E-state index is 0.484. The van der Waals surface area contributed by atoms with Gasteiger partial charge in [-0.05, 0) is 37.0 Å². The Kier molecular flexibility index (Phi) is 8.59. The number of aryl methyl sites for hydroxylation is 1. The molecule has 1 aromatic heterocycles. The standard InChI is InChI=1S/C20H25N5/c21-17-24-20(25-19-12-15-22-16-13-19)23-14-8-3-1-2-5-9-18-10-6-4-7-11-18/h4,6-7,10-13,15-16H,1-3,5,8-9,14H2,(H2,22,23,24,25). The van der Waals surface area contributed by atoms with Gasteiger partial charge in [-0.1, -0.05) is 49.6 Å². The summed E-state index contributed by atoms with van der Waals surface area (Å²) >= 11 is 0. The maximum atomic E-state index is 8.81. The van der Waals surface area contributed by atoms with Crippen molar-refractivity contribution in [3.05, 3.63) is 60.4 Å². The molecule has 25 heavy (non-hydrogen) atoms. The molecule has 0 aliphatic carbocycles.